The maximum absolute atomic E-state index is 12.4. The Bertz CT molecular complexity index is 1010. The molecule has 0 aliphatic carbocycles. The minimum absolute atomic E-state index is 0.184. The van der Waals surface area contributed by atoms with Gasteiger partial charge in [-0.1, -0.05) is 41.1 Å². The Morgan fingerprint density at radius 1 is 1.27 bits per heavy atom. The quantitative estimate of drug-likeness (QED) is 0.651. The third kappa shape index (κ3) is 3.81. The highest BCUT2D eigenvalue weighted by molar-refractivity contribution is 9.10. The van der Waals surface area contributed by atoms with Crippen molar-refractivity contribution in [2.24, 2.45) is 0 Å². The van der Waals surface area contributed by atoms with Crippen LogP contribution >= 0.6 is 27.3 Å². The fourth-order valence-electron chi connectivity index (χ4n) is 2.05. The van der Waals surface area contributed by atoms with Crippen molar-refractivity contribution in [3.8, 4) is 11.4 Å². The zero-order valence-corrected chi connectivity index (χ0v) is 16.2. The highest BCUT2D eigenvalue weighted by atomic mass is 79.9. The first-order valence-corrected chi connectivity index (χ1v) is 9.20. The van der Waals surface area contributed by atoms with Gasteiger partial charge in [-0.05, 0) is 24.3 Å². The molecule has 0 aliphatic rings. The maximum Gasteiger partial charge on any atom is 0.281 e. The molecule has 0 radical (unpaired) electrons. The average molecular weight is 436 g/mol. The third-order valence-electron chi connectivity index (χ3n) is 3.35. The lowest BCUT2D eigenvalue weighted by Crippen LogP contribution is -2.25. The Kier molecular flexibility index (Phi) is 5.14. The smallest absolute Gasteiger partial charge is 0.281 e. The van der Waals surface area contributed by atoms with Gasteiger partial charge in [-0.3, -0.25) is 14.9 Å². The van der Waals surface area contributed by atoms with Gasteiger partial charge in [-0.15, -0.1) is 10.2 Å². The van der Waals surface area contributed by atoms with Crippen molar-refractivity contribution in [1.29, 1.82) is 0 Å². The van der Waals surface area contributed by atoms with Gasteiger partial charge in [-0.25, -0.2) is 0 Å². The summed E-state index contributed by atoms with van der Waals surface area (Å²) in [7, 11) is 0. The number of aromatic nitrogens is 4. The van der Waals surface area contributed by atoms with Crippen molar-refractivity contribution in [1.82, 2.24) is 20.0 Å². The molecule has 3 rings (SSSR count). The van der Waals surface area contributed by atoms with Crippen LogP contribution in [0.1, 0.15) is 35.3 Å². The number of carbonyl (C=O) groups excluding carboxylic acids is 1. The zero-order chi connectivity index (χ0) is 18.8. The molecule has 134 valence electrons. The first-order valence-electron chi connectivity index (χ1n) is 7.59. The normalized spacial score (nSPS) is 10.9. The van der Waals surface area contributed by atoms with Crippen molar-refractivity contribution in [2.45, 2.75) is 19.8 Å². The second-order valence-corrected chi connectivity index (χ2v) is 7.58. The molecule has 8 nitrogen and oxygen atoms in total. The highest BCUT2D eigenvalue weighted by Gasteiger charge is 2.19. The standard InChI is InChI=1S/C16H14BrN5O3S/c1-8(2)15-19-20-16(26-15)18-14(25)13-11(23)7-12(24)22(21-13)10-5-3-9(17)4-6-10/h3-8,23H,1-2H3,(H,18,20,25). The predicted octanol–water partition coefficient (Wildman–Crippen LogP) is 2.93. The molecule has 2 aromatic heterocycles. The second-order valence-electron chi connectivity index (χ2n) is 5.66. The topological polar surface area (TPSA) is 110 Å². The van der Waals surface area contributed by atoms with Gasteiger partial charge in [0.25, 0.3) is 11.5 Å². The highest BCUT2D eigenvalue weighted by Crippen LogP contribution is 2.23. The van der Waals surface area contributed by atoms with Crippen molar-refractivity contribution in [2.75, 3.05) is 5.32 Å². The molecule has 26 heavy (non-hydrogen) atoms. The molecular formula is C16H14BrN5O3S. The number of hydrogen-bond donors (Lipinski definition) is 2. The molecule has 0 saturated carbocycles. The van der Waals surface area contributed by atoms with E-state index in [2.05, 4.69) is 36.5 Å². The monoisotopic (exact) mass is 435 g/mol. The summed E-state index contributed by atoms with van der Waals surface area (Å²) in [6.07, 6.45) is 0. The Morgan fingerprint density at radius 3 is 2.58 bits per heavy atom. The van der Waals surface area contributed by atoms with E-state index in [9.17, 15) is 14.7 Å². The number of benzene rings is 1. The van der Waals surface area contributed by atoms with Crippen LogP contribution in [0.4, 0.5) is 5.13 Å². The van der Waals surface area contributed by atoms with Gasteiger partial charge < -0.3 is 5.11 Å². The largest absolute Gasteiger partial charge is 0.505 e. The lowest BCUT2D eigenvalue weighted by Gasteiger charge is -2.08. The lowest BCUT2D eigenvalue weighted by atomic mass is 10.2. The van der Waals surface area contributed by atoms with E-state index in [1.807, 2.05) is 13.8 Å². The summed E-state index contributed by atoms with van der Waals surface area (Å²) in [4.78, 5) is 24.6. The molecule has 0 unspecified atom stereocenters. The third-order valence-corrected chi connectivity index (χ3v) is 5.02. The molecule has 2 N–H and O–H groups in total. The van der Waals surface area contributed by atoms with Gasteiger partial charge in [0.1, 0.15) is 5.01 Å². The maximum atomic E-state index is 12.4. The Labute approximate surface area is 160 Å². The van der Waals surface area contributed by atoms with Crippen LogP contribution in [0.2, 0.25) is 0 Å². The summed E-state index contributed by atoms with van der Waals surface area (Å²) in [5.74, 6) is -1.00. The number of rotatable bonds is 4. The minimum Gasteiger partial charge on any atom is -0.505 e. The van der Waals surface area contributed by atoms with Gasteiger partial charge in [0.05, 0.1) is 5.69 Å². The summed E-state index contributed by atoms with van der Waals surface area (Å²) < 4.78 is 1.88. The number of nitrogens with one attached hydrogen (secondary N) is 1. The van der Waals surface area contributed by atoms with Gasteiger partial charge in [0.2, 0.25) is 5.13 Å². The fourth-order valence-corrected chi connectivity index (χ4v) is 3.06. The number of nitrogens with zero attached hydrogens (tertiary/aromatic N) is 4. The SMILES string of the molecule is CC(C)c1nnc(NC(=O)c2nn(-c3ccc(Br)cc3)c(=O)cc2O)s1. The van der Waals surface area contributed by atoms with E-state index in [-0.39, 0.29) is 11.6 Å². The van der Waals surface area contributed by atoms with E-state index in [1.54, 1.807) is 24.3 Å². The molecular weight excluding hydrogens is 422 g/mol. The van der Waals surface area contributed by atoms with E-state index in [0.717, 1.165) is 20.2 Å². The van der Waals surface area contributed by atoms with Gasteiger partial charge in [0.15, 0.2) is 11.4 Å². The molecule has 0 saturated heterocycles. The van der Waals surface area contributed by atoms with E-state index in [4.69, 9.17) is 0 Å². The molecule has 1 amide bonds. The van der Waals surface area contributed by atoms with Crippen molar-refractivity contribution >= 4 is 38.3 Å². The van der Waals surface area contributed by atoms with Crippen LogP contribution in [-0.2, 0) is 0 Å². The van der Waals surface area contributed by atoms with Gasteiger partial charge in [-0.2, -0.15) is 9.78 Å². The molecule has 0 atom stereocenters. The van der Waals surface area contributed by atoms with Crippen LogP contribution in [0.15, 0.2) is 39.6 Å². The number of carbonyl (C=O) groups is 1. The molecule has 0 aliphatic heterocycles. The van der Waals surface area contributed by atoms with Crippen LogP contribution in [0.25, 0.3) is 5.69 Å². The molecule has 0 fully saturated rings. The van der Waals surface area contributed by atoms with Crippen molar-refractivity contribution in [3.05, 3.63) is 55.9 Å². The Balaban J connectivity index is 1.93. The van der Waals surface area contributed by atoms with Crippen LogP contribution < -0.4 is 10.9 Å². The summed E-state index contributed by atoms with van der Waals surface area (Å²) in [6.45, 7) is 3.93. The van der Waals surface area contributed by atoms with Crippen LogP contribution in [0, 0.1) is 0 Å². The number of anilines is 1. The number of halogens is 1. The summed E-state index contributed by atoms with van der Waals surface area (Å²) in [6, 6.07) is 7.76. The number of hydrogen-bond acceptors (Lipinski definition) is 7. The van der Waals surface area contributed by atoms with Crippen LogP contribution in [0.5, 0.6) is 5.75 Å². The zero-order valence-electron chi connectivity index (χ0n) is 13.8. The van der Waals surface area contributed by atoms with Crippen LogP contribution in [-0.4, -0.2) is 31.0 Å². The minimum atomic E-state index is -0.681. The molecule has 0 bridgehead atoms. The summed E-state index contributed by atoms with van der Waals surface area (Å²) >= 11 is 4.55. The van der Waals surface area contributed by atoms with Gasteiger partial charge in [0, 0.05) is 16.5 Å². The predicted molar refractivity (Wildman–Crippen MR) is 101 cm³/mol. The summed E-state index contributed by atoms with van der Waals surface area (Å²) in [5, 5.41) is 25.5. The van der Waals surface area contributed by atoms with Crippen molar-refractivity contribution < 1.29 is 9.90 Å². The van der Waals surface area contributed by atoms with Crippen LogP contribution in [0.3, 0.4) is 0 Å². The molecule has 2 heterocycles. The molecule has 10 heteroatoms. The Hall–Kier alpha value is -2.59. The average Bonchev–Trinajstić information content (AvgIpc) is 3.04. The molecule has 0 spiro atoms. The number of aromatic hydroxyl groups is 1. The lowest BCUT2D eigenvalue weighted by molar-refractivity contribution is 0.101. The van der Waals surface area contributed by atoms with E-state index in [1.165, 1.54) is 11.3 Å². The first-order chi connectivity index (χ1) is 12.3. The van der Waals surface area contributed by atoms with Gasteiger partial charge >= 0.3 is 0 Å². The number of amides is 1. The van der Waals surface area contributed by atoms with E-state index >= 15 is 0 Å². The second kappa shape index (κ2) is 7.34. The van der Waals surface area contributed by atoms with Crippen molar-refractivity contribution in [3.63, 3.8) is 0 Å². The van der Waals surface area contributed by atoms with E-state index in [0.29, 0.717) is 10.8 Å². The molecule has 3 aromatic rings. The first kappa shape index (κ1) is 18.2. The fraction of sp³-hybridized carbons (Fsp3) is 0.188. The van der Waals surface area contributed by atoms with E-state index < -0.39 is 17.2 Å². The molecule has 1 aromatic carbocycles. The summed E-state index contributed by atoms with van der Waals surface area (Å²) in [5.41, 5.74) is -0.376. The Morgan fingerprint density at radius 2 is 1.96 bits per heavy atom.